The maximum Gasteiger partial charge on any atom is 0.339 e. The van der Waals surface area contributed by atoms with Gasteiger partial charge >= 0.3 is 5.97 Å². The fraction of sp³-hybridized carbons (Fsp3) is 0.269. The van der Waals surface area contributed by atoms with Gasteiger partial charge in [0.25, 0.3) is 0 Å². The second-order valence-corrected chi connectivity index (χ2v) is 7.68. The monoisotopic (exact) mass is 417 g/mol. The van der Waals surface area contributed by atoms with Gasteiger partial charge < -0.3 is 19.5 Å². The van der Waals surface area contributed by atoms with Crippen LogP contribution in [0.5, 0.6) is 11.5 Å². The summed E-state index contributed by atoms with van der Waals surface area (Å²) >= 11 is 0. The van der Waals surface area contributed by atoms with Gasteiger partial charge in [0.15, 0.2) is 6.10 Å². The van der Waals surface area contributed by atoms with E-state index in [1.165, 1.54) is 0 Å². The number of carbonyl (C=O) groups is 1. The quantitative estimate of drug-likeness (QED) is 0.538. The van der Waals surface area contributed by atoms with E-state index in [0.29, 0.717) is 16.9 Å². The number of phenolic OH excluding ortho intramolecular Hbond substituents is 1. The molecule has 1 N–H and O–H groups in total. The summed E-state index contributed by atoms with van der Waals surface area (Å²) in [5, 5.41) is 10.9. The van der Waals surface area contributed by atoms with E-state index in [4.69, 9.17) is 9.47 Å². The molecule has 0 aliphatic carbocycles. The Morgan fingerprint density at radius 1 is 0.968 bits per heavy atom. The van der Waals surface area contributed by atoms with Crippen molar-refractivity contribution in [1.82, 2.24) is 0 Å². The molecule has 5 heteroatoms. The fourth-order valence-corrected chi connectivity index (χ4v) is 4.33. The summed E-state index contributed by atoms with van der Waals surface area (Å²) in [6.07, 6.45) is -0.547. The lowest BCUT2D eigenvalue weighted by Crippen LogP contribution is -2.21. The molecule has 0 spiro atoms. The van der Waals surface area contributed by atoms with Crippen LogP contribution in [0, 0.1) is 6.92 Å². The van der Waals surface area contributed by atoms with Crippen molar-refractivity contribution in [3.8, 4) is 22.6 Å². The van der Waals surface area contributed by atoms with Crippen molar-refractivity contribution in [2.45, 2.75) is 26.9 Å². The number of fused-ring (bicyclic) bond motifs is 1. The van der Waals surface area contributed by atoms with Crippen LogP contribution in [-0.4, -0.2) is 31.3 Å². The molecular weight excluding hydrogens is 390 g/mol. The number of hydrogen-bond donors (Lipinski definition) is 1. The molecule has 3 aromatic rings. The summed E-state index contributed by atoms with van der Waals surface area (Å²) in [5.74, 6) is 0.436. The van der Waals surface area contributed by atoms with Gasteiger partial charge in [0.1, 0.15) is 11.5 Å². The number of cyclic esters (lactones) is 1. The lowest BCUT2D eigenvalue weighted by atomic mass is 9.92. The zero-order valence-corrected chi connectivity index (χ0v) is 18.3. The van der Waals surface area contributed by atoms with Crippen molar-refractivity contribution in [1.29, 1.82) is 0 Å². The van der Waals surface area contributed by atoms with Gasteiger partial charge in [-0.05, 0) is 56.7 Å². The average molecular weight is 418 g/mol. The van der Waals surface area contributed by atoms with E-state index >= 15 is 0 Å². The van der Waals surface area contributed by atoms with Gasteiger partial charge in [-0.3, -0.25) is 0 Å². The average Bonchev–Trinajstić information content (AvgIpc) is 3.11. The van der Waals surface area contributed by atoms with E-state index in [-0.39, 0.29) is 11.7 Å². The number of rotatable bonds is 6. The van der Waals surface area contributed by atoms with Crippen LogP contribution in [0.3, 0.4) is 0 Å². The van der Waals surface area contributed by atoms with E-state index < -0.39 is 6.10 Å². The molecule has 160 valence electrons. The maximum atomic E-state index is 12.4. The molecule has 1 aliphatic heterocycles. The van der Waals surface area contributed by atoms with Crippen molar-refractivity contribution < 1.29 is 19.4 Å². The smallest absolute Gasteiger partial charge is 0.339 e. The number of esters is 1. The molecule has 0 aromatic heterocycles. The SMILES string of the molecule is CCN(CC)c1ccc(-c2cc(C)cc(C3OC(=O)c4ccccc43)c2OC)c(O)c1. The van der Waals surface area contributed by atoms with Crippen LogP contribution in [0.15, 0.2) is 54.6 Å². The van der Waals surface area contributed by atoms with E-state index in [2.05, 4.69) is 18.7 Å². The number of ether oxygens (including phenoxy) is 2. The highest BCUT2D eigenvalue weighted by Gasteiger charge is 2.34. The minimum Gasteiger partial charge on any atom is -0.507 e. The number of carbonyl (C=O) groups excluding carboxylic acids is 1. The zero-order chi connectivity index (χ0) is 22.1. The zero-order valence-electron chi connectivity index (χ0n) is 18.3. The van der Waals surface area contributed by atoms with Gasteiger partial charge in [-0.25, -0.2) is 4.79 Å². The highest BCUT2D eigenvalue weighted by atomic mass is 16.6. The molecule has 31 heavy (non-hydrogen) atoms. The minimum absolute atomic E-state index is 0.183. The van der Waals surface area contributed by atoms with Crippen LogP contribution in [0.1, 0.15) is 47.0 Å². The first-order valence-electron chi connectivity index (χ1n) is 10.5. The summed E-state index contributed by atoms with van der Waals surface area (Å²) in [7, 11) is 1.60. The second-order valence-electron chi connectivity index (χ2n) is 7.68. The number of hydrogen-bond acceptors (Lipinski definition) is 5. The predicted molar refractivity (Wildman–Crippen MR) is 122 cm³/mol. The molecule has 0 bridgehead atoms. The van der Waals surface area contributed by atoms with Gasteiger partial charge in [0.2, 0.25) is 0 Å². The summed E-state index contributed by atoms with van der Waals surface area (Å²) < 4.78 is 11.5. The Kier molecular flexibility index (Phi) is 5.59. The molecule has 0 saturated carbocycles. The first-order chi connectivity index (χ1) is 15.0. The summed E-state index contributed by atoms with van der Waals surface area (Å²) in [6, 6.07) is 17.1. The van der Waals surface area contributed by atoms with Crippen molar-refractivity contribution in [2.75, 3.05) is 25.1 Å². The summed E-state index contributed by atoms with van der Waals surface area (Å²) in [5.41, 5.74) is 5.56. The van der Waals surface area contributed by atoms with Gasteiger partial charge in [-0.2, -0.15) is 0 Å². The lowest BCUT2D eigenvalue weighted by Gasteiger charge is -2.23. The molecule has 1 atom stereocenters. The fourth-order valence-electron chi connectivity index (χ4n) is 4.33. The first-order valence-corrected chi connectivity index (χ1v) is 10.5. The third-order valence-corrected chi connectivity index (χ3v) is 5.84. The standard InChI is InChI=1S/C26H27NO4/c1-5-27(6-2)17-11-12-18(23(28)15-17)21-13-16(3)14-22(24(21)30-4)25-19-9-7-8-10-20(19)26(29)31-25/h7-15,25,28H,5-6H2,1-4H3. The van der Waals surface area contributed by atoms with Crippen molar-refractivity contribution in [3.63, 3.8) is 0 Å². The van der Waals surface area contributed by atoms with E-state index in [0.717, 1.165) is 41.0 Å². The third-order valence-electron chi connectivity index (χ3n) is 5.84. The Morgan fingerprint density at radius 2 is 1.71 bits per heavy atom. The Balaban J connectivity index is 1.85. The van der Waals surface area contributed by atoms with Crippen LogP contribution >= 0.6 is 0 Å². The number of benzene rings is 3. The lowest BCUT2D eigenvalue weighted by molar-refractivity contribution is 0.0452. The molecule has 3 aromatic carbocycles. The van der Waals surface area contributed by atoms with E-state index in [1.807, 2.05) is 49.4 Å². The Labute approximate surface area is 182 Å². The van der Waals surface area contributed by atoms with Gasteiger partial charge in [-0.1, -0.05) is 18.2 Å². The molecule has 0 saturated heterocycles. The van der Waals surface area contributed by atoms with Crippen LogP contribution in [0.25, 0.3) is 11.1 Å². The van der Waals surface area contributed by atoms with Gasteiger partial charge in [0, 0.05) is 47.1 Å². The van der Waals surface area contributed by atoms with Gasteiger partial charge in [0.05, 0.1) is 12.7 Å². The number of anilines is 1. The molecule has 0 amide bonds. The molecule has 5 nitrogen and oxygen atoms in total. The van der Waals surface area contributed by atoms with Crippen LogP contribution in [0.4, 0.5) is 5.69 Å². The largest absolute Gasteiger partial charge is 0.507 e. The molecule has 1 heterocycles. The summed E-state index contributed by atoms with van der Waals surface area (Å²) in [6.45, 7) is 7.88. The molecule has 0 fully saturated rings. The molecule has 1 aliphatic rings. The third kappa shape index (κ3) is 3.61. The number of aryl methyl sites for hydroxylation is 1. The highest BCUT2D eigenvalue weighted by Crippen LogP contribution is 2.46. The molecule has 0 radical (unpaired) electrons. The summed E-state index contributed by atoms with van der Waals surface area (Å²) in [4.78, 5) is 14.6. The number of aromatic hydroxyl groups is 1. The first kappa shape index (κ1) is 20.8. The molecule has 1 unspecified atom stereocenters. The Bertz CT molecular complexity index is 1130. The van der Waals surface area contributed by atoms with Crippen molar-refractivity contribution in [2.24, 2.45) is 0 Å². The Morgan fingerprint density at radius 3 is 2.39 bits per heavy atom. The van der Waals surface area contributed by atoms with Gasteiger partial charge in [-0.15, -0.1) is 0 Å². The van der Waals surface area contributed by atoms with E-state index in [1.54, 1.807) is 19.2 Å². The Hall–Kier alpha value is -3.47. The highest BCUT2D eigenvalue weighted by molar-refractivity contribution is 5.95. The normalized spacial score (nSPS) is 14.8. The molecular formula is C26H27NO4. The number of phenols is 1. The van der Waals surface area contributed by atoms with Crippen LogP contribution in [0.2, 0.25) is 0 Å². The van der Waals surface area contributed by atoms with Crippen molar-refractivity contribution >= 4 is 11.7 Å². The molecule has 4 rings (SSSR count). The number of methoxy groups -OCH3 is 1. The van der Waals surface area contributed by atoms with Crippen LogP contribution < -0.4 is 9.64 Å². The van der Waals surface area contributed by atoms with E-state index in [9.17, 15) is 9.90 Å². The second kappa shape index (κ2) is 8.34. The minimum atomic E-state index is -0.547. The number of nitrogens with zero attached hydrogens (tertiary/aromatic N) is 1. The van der Waals surface area contributed by atoms with Crippen LogP contribution in [-0.2, 0) is 4.74 Å². The predicted octanol–water partition coefficient (Wildman–Crippen LogP) is 5.48. The van der Waals surface area contributed by atoms with Crippen molar-refractivity contribution in [3.05, 3.63) is 76.9 Å². The maximum absolute atomic E-state index is 12.4. The topological polar surface area (TPSA) is 59.0 Å².